The molecule has 0 fully saturated rings. The molecule has 0 amide bonds. The van der Waals surface area contributed by atoms with Crippen molar-refractivity contribution in [3.63, 3.8) is 0 Å². The number of hydrogen-bond acceptors (Lipinski definition) is 4. The van der Waals surface area contributed by atoms with Crippen LogP contribution in [0, 0.1) is 5.41 Å². The summed E-state index contributed by atoms with van der Waals surface area (Å²) in [7, 11) is 0. The summed E-state index contributed by atoms with van der Waals surface area (Å²) < 4.78 is 0.912. The molecular weight excluding hydrogens is 294 g/mol. The number of nitrogens with one attached hydrogen (secondary N) is 1. The van der Waals surface area contributed by atoms with Crippen molar-refractivity contribution in [1.29, 1.82) is 0 Å². The van der Waals surface area contributed by atoms with Crippen LogP contribution in [-0.2, 0) is 0 Å². The van der Waals surface area contributed by atoms with Crippen LogP contribution in [0.3, 0.4) is 0 Å². The average molecular weight is 310 g/mol. The number of aliphatic hydroxyl groups is 1. The molecule has 0 unspecified atom stereocenters. The summed E-state index contributed by atoms with van der Waals surface area (Å²) in [6, 6.07) is 3.83. The summed E-state index contributed by atoms with van der Waals surface area (Å²) in [5.74, 6) is 0. The van der Waals surface area contributed by atoms with E-state index < -0.39 is 0 Å². The van der Waals surface area contributed by atoms with Crippen LogP contribution in [0.5, 0.6) is 0 Å². The lowest BCUT2D eigenvalue weighted by Crippen LogP contribution is -2.26. The Morgan fingerprint density at radius 2 is 2.17 bits per heavy atom. The second kappa shape index (κ2) is 5.20. The maximum Gasteiger partial charge on any atom is 0.112 e. The zero-order chi connectivity index (χ0) is 13.2. The lowest BCUT2D eigenvalue weighted by atomic mass is 9.95. The lowest BCUT2D eigenvalue weighted by Gasteiger charge is -2.22. The molecule has 0 aliphatic carbocycles. The number of aromatic nitrogens is 2. The van der Waals surface area contributed by atoms with Gasteiger partial charge in [0.25, 0.3) is 0 Å². The molecule has 4 nitrogen and oxygen atoms in total. The second-order valence-corrected chi connectivity index (χ2v) is 5.97. The number of halogens is 1. The van der Waals surface area contributed by atoms with E-state index in [1.54, 1.807) is 12.4 Å². The van der Waals surface area contributed by atoms with Crippen LogP contribution in [-0.4, -0.2) is 28.2 Å². The van der Waals surface area contributed by atoms with Gasteiger partial charge in [0.1, 0.15) is 5.52 Å². The number of nitrogens with zero attached hydrogens (tertiary/aromatic N) is 2. The Morgan fingerprint density at radius 3 is 2.89 bits per heavy atom. The summed E-state index contributed by atoms with van der Waals surface area (Å²) >= 11 is 3.38. The molecule has 0 saturated carbocycles. The van der Waals surface area contributed by atoms with Gasteiger partial charge in [-0.1, -0.05) is 13.8 Å². The highest BCUT2D eigenvalue weighted by Crippen LogP contribution is 2.23. The van der Waals surface area contributed by atoms with Crippen molar-refractivity contribution in [2.75, 3.05) is 18.5 Å². The molecular formula is C13H16BrN3O. The maximum absolute atomic E-state index is 9.25. The Hall–Kier alpha value is -1.20. The van der Waals surface area contributed by atoms with Crippen molar-refractivity contribution in [3.8, 4) is 0 Å². The zero-order valence-electron chi connectivity index (χ0n) is 10.4. The highest BCUT2D eigenvalue weighted by atomic mass is 79.9. The molecule has 0 radical (unpaired) electrons. The summed E-state index contributed by atoms with van der Waals surface area (Å²) in [6.45, 7) is 4.84. The van der Waals surface area contributed by atoms with Crippen molar-refractivity contribution in [2.24, 2.45) is 5.41 Å². The number of fused-ring (bicyclic) bond motifs is 1. The summed E-state index contributed by atoms with van der Waals surface area (Å²) in [6.07, 6.45) is 3.51. The van der Waals surface area contributed by atoms with E-state index in [-0.39, 0.29) is 12.0 Å². The Morgan fingerprint density at radius 1 is 1.39 bits per heavy atom. The van der Waals surface area contributed by atoms with Crippen LogP contribution in [0.1, 0.15) is 13.8 Å². The first kappa shape index (κ1) is 13.2. The predicted molar refractivity (Wildman–Crippen MR) is 76.6 cm³/mol. The van der Waals surface area contributed by atoms with E-state index in [0.717, 1.165) is 21.2 Å². The largest absolute Gasteiger partial charge is 0.396 e. The van der Waals surface area contributed by atoms with Crippen molar-refractivity contribution in [2.45, 2.75) is 13.8 Å². The molecule has 2 aromatic heterocycles. The van der Waals surface area contributed by atoms with Gasteiger partial charge in [-0.3, -0.25) is 9.97 Å². The van der Waals surface area contributed by atoms with E-state index in [1.165, 1.54) is 0 Å². The first-order valence-electron chi connectivity index (χ1n) is 5.77. The van der Waals surface area contributed by atoms with Crippen molar-refractivity contribution < 1.29 is 5.11 Å². The van der Waals surface area contributed by atoms with Gasteiger partial charge < -0.3 is 10.4 Å². The molecule has 0 aliphatic heterocycles. The van der Waals surface area contributed by atoms with Gasteiger partial charge in [-0.05, 0) is 28.1 Å². The van der Waals surface area contributed by atoms with Crippen LogP contribution in [0.4, 0.5) is 5.69 Å². The van der Waals surface area contributed by atoms with E-state index in [2.05, 4.69) is 31.2 Å². The van der Waals surface area contributed by atoms with E-state index in [0.29, 0.717) is 6.54 Å². The highest BCUT2D eigenvalue weighted by molar-refractivity contribution is 9.10. The third-order valence-corrected chi connectivity index (χ3v) is 3.16. The quantitative estimate of drug-likeness (QED) is 0.912. The minimum absolute atomic E-state index is 0.141. The molecule has 2 N–H and O–H groups in total. The van der Waals surface area contributed by atoms with E-state index in [1.807, 2.05) is 26.0 Å². The van der Waals surface area contributed by atoms with Crippen molar-refractivity contribution >= 4 is 32.7 Å². The first-order chi connectivity index (χ1) is 8.52. The molecule has 96 valence electrons. The van der Waals surface area contributed by atoms with Crippen LogP contribution >= 0.6 is 15.9 Å². The predicted octanol–water partition coefficient (Wildman–Crippen LogP) is 2.82. The van der Waals surface area contributed by atoms with Gasteiger partial charge in [-0.2, -0.15) is 0 Å². The minimum atomic E-state index is -0.162. The average Bonchev–Trinajstić information content (AvgIpc) is 2.36. The van der Waals surface area contributed by atoms with Gasteiger partial charge in [-0.15, -0.1) is 0 Å². The normalized spacial score (nSPS) is 11.8. The Kier molecular flexibility index (Phi) is 3.82. The summed E-state index contributed by atoms with van der Waals surface area (Å²) in [5.41, 5.74) is 2.46. The molecule has 5 heteroatoms. The minimum Gasteiger partial charge on any atom is -0.396 e. The lowest BCUT2D eigenvalue weighted by molar-refractivity contribution is 0.171. The van der Waals surface area contributed by atoms with Gasteiger partial charge in [0.15, 0.2) is 0 Å². The number of anilines is 1. The van der Waals surface area contributed by atoms with Crippen LogP contribution in [0.2, 0.25) is 0 Å². The van der Waals surface area contributed by atoms with E-state index in [4.69, 9.17) is 0 Å². The number of aliphatic hydroxyl groups excluding tert-OH is 1. The van der Waals surface area contributed by atoms with Gasteiger partial charge in [-0.25, -0.2) is 0 Å². The van der Waals surface area contributed by atoms with Crippen molar-refractivity contribution in [1.82, 2.24) is 9.97 Å². The Balaban J connectivity index is 2.29. The number of pyridine rings is 2. The van der Waals surface area contributed by atoms with Gasteiger partial charge >= 0.3 is 0 Å². The van der Waals surface area contributed by atoms with E-state index >= 15 is 0 Å². The zero-order valence-corrected chi connectivity index (χ0v) is 12.0. The smallest absolute Gasteiger partial charge is 0.112 e. The third kappa shape index (κ3) is 2.97. The number of rotatable bonds is 4. The first-order valence-corrected chi connectivity index (χ1v) is 6.56. The van der Waals surface area contributed by atoms with Gasteiger partial charge in [0, 0.05) is 35.4 Å². The fourth-order valence-corrected chi connectivity index (χ4v) is 1.86. The van der Waals surface area contributed by atoms with Crippen molar-refractivity contribution in [3.05, 3.63) is 29.0 Å². The van der Waals surface area contributed by atoms with Crippen LogP contribution < -0.4 is 5.32 Å². The highest BCUT2D eigenvalue weighted by Gasteiger charge is 2.16. The molecule has 2 heterocycles. The molecule has 2 rings (SSSR count). The molecule has 0 spiro atoms. The number of hydrogen-bond donors (Lipinski definition) is 2. The standard InChI is InChI=1S/C13H16BrN3O/c1-13(2,8-18)7-17-10-3-4-15-11-5-9(14)6-16-12(10)11/h3-6,18H,7-8H2,1-2H3,(H,15,17). The molecule has 0 saturated heterocycles. The van der Waals surface area contributed by atoms with Crippen LogP contribution in [0.25, 0.3) is 11.0 Å². The van der Waals surface area contributed by atoms with E-state index in [9.17, 15) is 5.11 Å². The molecule has 18 heavy (non-hydrogen) atoms. The Labute approximate surface area is 115 Å². The fraction of sp³-hybridized carbons (Fsp3) is 0.385. The SMILES string of the molecule is CC(C)(CO)CNc1ccnc2cc(Br)cnc12. The third-order valence-electron chi connectivity index (χ3n) is 2.73. The van der Waals surface area contributed by atoms with Crippen LogP contribution in [0.15, 0.2) is 29.0 Å². The fourth-order valence-electron chi connectivity index (χ4n) is 1.54. The summed E-state index contributed by atoms with van der Waals surface area (Å²) in [4.78, 5) is 8.66. The van der Waals surface area contributed by atoms with Gasteiger partial charge in [0.05, 0.1) is 11.2 Å². The molecule has 0 atom stereocenters. The monoisotopic (exact) mass is 309 g/mol. The Bertz CT molecular complexity index is 557. The molecule has 2 aromatic rings. The molecule has 0 aromatic carbocycles. The molecule has 0 bridgehead atoms. The summed E-state index contributed by atoms with van der Waals surface area (Å²) in [5, 5.41) is 12.6. The second-order valence-electron chi connectivity index (χ2n) is 5.06. The van der Waals surface area contributed by atoms with Gasteiger partial charge in [0.2, 0.25) is 0 Å². The maximum atomic E-state index is 9.25. The molecule has 0 aliphatic rings. The topological polar surface area (TPSA) is 58.0 Å².